The second-order valence-corrected chi connectivity index (χ2v) is 4.58. The molecule has 0 fully saturated rings. The fraction of sp³-hybridized carbons (Fsp3) is 0.267. The molecule has 0 unspecified atom stereocenters. The van der Waals surface area contributed by atoms with E-state index in [1.54, 1.807) is 19.1 Å². The first-order valence-corrected chi connectivity index (χ1v) is 6.63. The molecule has 21 heavy (non-hydrogen) atoms. The number of hydrogen-bond donors (Lipinski definition) is 1. The molecule has 2 aromatic rings. The van der Waals surface area contributed by atoms with Gasteiger partial charge in [0.25, 0.3) is 0 Å². The molecule has 0 saturated heterocycles. The van der Waals surface area contributed by atoms with Gasteiger partial charge in [0.05, 0.1) is 12.2 Å². The molecule has 0 amide bonds. The Labute approximate surface area is 123 Å². The average Bonchev–Trinajstić information content (AvgIpc) is 2.48. The molecule has 110 valence electrons. The molecule has 0 radical (unpaired) electrons. The van der Waals surface area contributed by atoms with E-state index in [-0.39, 0.29) is 5.97 Å². The fourth-order valence-electron chi connectivity index (χ4n) is 1.71. The monoisotopic (exact) mass is 286 g/mol. The molecule has 0 atom stereocenters. The lowest BCUT2D eigenvalue weighted by molar-refractivity contribution is 0.0526. The van der Waals surface area contributed by atoms with E-state index in [1.165, 1.54) is 6.33 Å². The van der Waals surface area contributed by atoms with Crippen LogP contribution in [0.1, 0.15) is 17.3 Å². The van der Waals surface area contributed by atoms with Crippen LogP contribution in [0, 0.1) is 0 Å². The summed E-state index contributed by atoms with van der Waals surface area (Å²) in [4.78, 5) is 21.8. The van der Waals surface area contributed by atoms with E-state index in [0.717, 1.165) is 11.5 Å². The Bertz CT molecular complexity index is 611. The average molecular weight is 286 g/mol. The predicted octanol–water partition coefficient (Wildman–Crippen LogP) is 2.46. The second-order valence-electron chi connectivity index (χ2n) is 4.58. The highest BCUT2D eigenvalue weighted by Crippen LogP contribution is 2.18. The molecule has 0 aliphatic rings. The van der Waals surface area contributed by atoms with E-state index in [2.05, 4.69) is 15.3 Å². The number of nitrogens with zero attached hydrogens (tertiary/aromatic N) is 3. The van der Waals surface area contributed by atoms with Gasteiger partial charge >= 0.3 is 5.97 Å². The molecule has 0 bridgehead atoms. The van der Waals surface area contributed by atoms with E-state index in [1.807, 2.05) is 37.2 Å². The van der Waals surface area contributed by atoms with Crippen LogP contribution in [0.15, 0.2) is 36.7 Å². The first-order chi connectivity index (χ1) is 10.1. The Morgan fingerprint density at radius 1 is 1.24 bits per heavy atom. The zero-order valence-electron chi connectivity index (χ0n) is 12.3. The van der Waals surface area contributed by atoms with Gasteiger partial charge in [0, 0.05) is 25.8 Å². The summed E-state index contributed by atoms with van der Waals surface area (Å²) in [5.74, 6) is 1.19. The van der Waals surface area contributed by atoms with Crippen molar-refractivity contribution >= 4 is 23.3 Å². The van der Waals surface area contributed by atoms with E-state index in [0.29, 0.717) is 18.0 Å². The molecule has 0 saturated carbocycles. The second kappa shape index (κ2) is 6.69. The number of ether oxygens (including phenoxy) is 1. The molecule has 1 heterocycles. The lowest BCUT2D eigenvalue weighted by Crippen LogP contribution is -2.11. The van der Waals surface area contributed by atoms with Crippen molar-refractivity contribution in [3.63, 3.8) is 0 Å². The van der Waals surface area contributed by atoms with Crippen molar-refractivity contribution in [2.45, 2.75) is 6.92 Å². The molecule has 0 spiro atoms. The Hall–Kier alpha value is -2.63. The Morgan fingerprint density at radius 2 is 1.95 bits per heavy atom. The lowest BCUT2D eigenvalue weighted by Gasteiger charge is -2.12. The van der Waals surface area contributed by atoms with Crippen LogP contribution in [0.5, 0.6) is 0 Å². The van der Waals surface area contributed by atoms with Crippen LogP contribution in [0.2, 0.25) is 0 Å². The highest BCUT2D eigenvalue weighted by molar-refractivity contribution is 5.89. The number of carbonyl (C=O) groups excluding carboxylic acids is 1. The first kappa shape index (κ1) is 14.8. The number of esters is 1. The summed E-state index contributed by atoms with van der Waals surface area (Å²) in [6.45, 7) is 2.15. The predicted molar refractivity (Wildman–Crippen MR) is 82.0 cm³/mol. The third-order valence-corrected chi connectivity index (χ3v) is 2.78. The number of carbonyl (C=O) groups is 1. The van der Waals surface area contributed by atoms with Gasteiger partial charge in [0.15, 0.2) is 0 Å². The minimum Gasteiger partial charge on any atom is -0.462 e. The number of hydrogen-bond acceptors (Lipinski definition) is 6. The fourth-order valence-corrected chi connectivity index (χ4v) is 1.71. The van der Waals surface area contributed by atoms with Crippen molar-refractivity contribution < 1.29 is 9.53 Å². The maximum absolute atomic E-state index is 11.6. The smallest absolute Gasteiger partial charge is 0.338 e. The van der Waals surface area contributed by atoms with E-state index >= 15 is 0 Å². The molecule has 6 heteroatoms. The van der Waals surface area contributed by atoms with Gasteiger partial charge < -0.3 is 15.0 Å². The van der Waals surface area contributed by atoms with E-state index in [4.69, 9.17) is 4.74 Å². The summed E-state index contributed by atoms with van der Waals surface area (Å²) in [6.07, 6.45) is 1.50. The van der Waals surface area contributed by atoms with Crippen LogP contribution in [0.25, 0.3) is 0 Å². The van der Waals surface area contributed by atoms with Gasteiger partial charge in [-0.25, -0.2) is 14.8 Å². The van der Waals surface area contributed by atoms with Gasteiger partial charge in [-0.3, -0.25) is 0 Å². The van der Waals surface area contributed by atoms with Crippen LogP contribution in [-0.4, -0.2) is 36.6 Å². The summed E-state index contributed by atoms with van der Waals surface area (Å²) in [7, 11) is 3.83. The zero-order valence-corrected chi connectivity index (χ0v) is 12.3. The quantitative estimate of drug-likeness (QED) is 0.852. The molecule has 6 nitrogen and oxygen atoms in total. The maximum atomic E-state index is 11.6. The Morgan fingerprint density at radius 3 is 2.57 bits per heavy atom. The number of rotatable bonds is 5. The molecular weight excluding hydrogens is 268 g/mol. The van der Waals surface area contributed by atoms with E-state index in [9.17, 15) is 4.79 Å². The van der Waals surface area contributed by atoms with Crippen LogP contribution in [0.3, 0.4) is 0 Å². The Balaban J connectivity index is 2.10. The van der Waals surface area contributed by atoms with Crippen LogP contribution < -0.4 is 10.2 Å². The van der Waals surface area contributed by atoms with Gasteiger partial charge in [0.1, 0.15) is 18.0 Å². The summed E-state index contributed by atoms with van der Waals surface area (Å²) in [5.41, 5.74) is 1.37. The van der Waals surface area contributed by atoms with Gasteiger partial charge in [0.2, 0.25) is 0 Å². The lowest BCUT2D eigenvalue weighted by atomic mass is 10.2. The van der Waals surface area contributed by atoms with Crippen molar-refractivity contribution in [1.29, 1.82) is 0 Å². The SMILES string of the molecule is CCOC(=O)c1ccc(Nc2cc(N(C)C)ncn2)cc1. The van der Waals surface area contributed by atoms with Gasteiger partial charge in [-0.05, 0) is 31.2 Å². The summed E-state index contributed by atoms with van der Waals surface area (Å²) in [5, 5.41) is 3.17. The summed E-state index contributed by atoms with van der Waals surface area (Å²) < 4.78 is 4.94. The maximum Gasteiger partial charge on any atom is 0.338 e. The van der Waals surface area contributed by atoms with Gasteiger partial charge in [-0.1, -0.05) is 0 Å². The van der Waals surface area contributed by atoms with E-state index < -0.39 is 0 Å². The normalized spacial score (nSPS) is 10.0. The largest absolute Gasteiger partial charge is 0.462 e. The van der Waals surface area contributed by atoms with Gasteiger partial charge in [-0.2, -0.15) is 0 Å². The number of benzene rings is 1. The van der Waals surface area contributed by atoms with Crippen molar-refractivity contribution in [2.75, 3.05) is 30.9 Å². The number of anilines is 3. The first-order valence-electron chi connectivity index (χ1n) is 6.63. The van der Waals surface area contributed by atoms with Crippen LogP contribution in [0.4, 0.5) is 17.3 Å². The van der Waals surface area contributed by atoms with Crippen LogP contribution in [-0.2, 0) is 4.74 Å². The Kier molecular flexibility index (Phi) is 4.71. The van der Waals surface area contributed by atoms with Crippen molar-refractivity contribution in [1.82, 2.24) is 9.97 Å². The minimum atomic E-state index is -0.319. The topological polar surface area (TPSA) is 67.3 Å². The third-order valence-electron chi connectivity index (χ3n) is 2.78. The number of nitrogens with one attached hydrogen (secondary N) is 1. The summed E-state index contributed by atoms with van der Waals surface area (Å²) in [6, 6.07) is 8.90. The molecule has 1 N–H and O–H groups in total. The molecular formula is C15H18N4O2. The molecule has 1 aromatic heterocycles. The van der Waals surface area contributed by atoms with Crippen molar-refractivity contribution in [2.24, 2.45) is 0 Å². The zero-order chi connectivity index (χ0) is 15.2. The summed E-state index contributed by atoms with van der Waals surface area (Å²) >= 11 is 0. The number of aromatic nitrogens is 2. The third kappa shape index (κ3) is 3.92. The highest BCUT2D eigenvalue weighted by Gasteiger charge is 2.06. The molecule has 0 aliphatic heterocycles. The van der Waals surface area contributed by atoms with Crippen molar-refractivity contribution in [3.05, 3.63) is 42.2 Å². The van der Waals surface area contributed by atoms with Crippen LogP contribution >= 0.6 is 0 Å². The van der Waals surface area contributed by atoms with Crippen molar-refractivity contribution in [3.8, 4) is 0 Å². The highest BCUT2D eigenvalue weighted by atomic mass is 16.5. The molecule has 0 aliphatic carbocycles. The molecule has 1 aromatic carbocycles. The molecule has 2 rings (SSSR count). The standard InChI is InChI=1S/C15H18N4O2/c1-4-21-15(20)11-5-7-12(8-6-11)18-13-9-14(19(2)3)17-10-16-13/h5-10H,4H2,1-3H3,(H,16,17,18). The van der Waals surface area contributed by atoms with Gasteiger partial charge in [-0.15, -0.1) is 0 Å². The minimum absolute atomic E-state index is 0.319.